The van der Waals surface area contributed by atoms with E-state index in [0.29, 0.717) is 27.4 Å². The van der Waals surface area contributed by atoms with Gasteiger partial charge in [0.2, 0.25) is 0 Å². The quantitative estimate of drug-likeness (QED) is 0.485. The van der Waals surface area contributed by atoms with Crippen LogP contribution in [0, 0.1) is 0 Å². The van der Waals surface area contributed by atoms with E-state index in [4.69, 9.17) is 11.6 Å². The number of aromatic nitrogens is 4. The Hall–Kier alpha value is -2.65. The van der Waals surface area contributed by atoms with Gasteiger partial charge in [-0.05, 0) is 30.3 Å². The third kappa shape index (κ3) is 3.47. The topological polar surface area (TPSA) is 55.6 Å². The number of nitrogens with zero attached hydrogens (tertiary/aromatic N) is 4. The molecule has 3 aromatic heterocycles. The summed E-state index contributed by atoms with van der Waals surface area (Å²) in [6, 6.07) is 7.69. The first-order valence-corrected chi connectivity index (χ1v) is 8.95. The average molecular weight is 410 g/mol. The van der Waals surface area contributed by atoms with E-state index in [1.807, 2.05) is 23.1 Å². The number of halogens is 4. The minimum atomic E-state index is -4.46. The van der Waals surface area contributed by atoms with Gasteiger partial charge in [0.1, 0.15) is 11.4 Å². The highest BCUT2D eigenvalue weighted by molar-refractivity contribution is 7.14. The van der Waals surface area contributed by atoms with Gasteiger partial charge in [-0.15, -0.1) is 11.3 Å². The Morgan fingerprint density at radius 2 is 1.96 bits per heavy atom. The van der Waals surface area contributed by atoms with Crippen LogP contribution < -0.4 is 5.32 Å². The van der Waals surface area contributed by atoms with Crippen LogP contribution in [0.3, 0.4) is 0 Å². The number of benzene rings is 1. The van der Waals surface area contributed by atoms with E-state index in [2.05, 4.69) is 20.3 Å². The Bertz CT molecular complexity index is 1120. The molecule has 0 atom stereocenters. The van der Waals surface area contributed by atoms with Crippen molar-refractivity contribution in [2.45, 2.75) is 6.18 Å². The molecule has 27 heavy (non-hydrogen) atoms. The fraction of sp³-hybridized carbons (Fsp3) is 0.118. The molecule has 4 aromatic rings. The predicted molar refractivity (Wildman–Crippen MR) is 99.4 cm³/mol. The lowest BCUT2D eigenvalue weighted by molar-refractivity contribution is -0.141. The van der Waals surface area contributed by atoms with E-state index in [1.54, 1.807) is 12.1 Å². The second-order valence-electron chi connectivity index (χ2n) is 5.72. The van der Waals surface area contributed by atoms with Crippen LogP contribution in [0.15, 0.2) is 41.9 Å². The van der Waals surface area contributed by atoms with E-state index < -0.39 is 11.9 Å². The van der Waals surface area contributed by atoms with E-state index >= 15 is 0 Å². The molecule has 0 aliphatic carbocycles. The van der Waals surface area contributed by atoms with Crippen molar-refractivity contribution in [1.29, 1.82) is 0 Å². The van der Waals surface area contributed by atoms with Crippen molar-refractivity contribution in [2.24, 2.45) is 7.05 Å². The Balaban J connectivity index is 1.60. The van der Waals surface area contributed by atoms with Gasteiger partial charge in [-0.1, -0.05) is 11.6 Å². The summed E-state index contributed by atoms with van der Waals surface area (Å²) in [5.74, 6) is 0.669. The molecule has 5 nitrogen and oxygen atoms in total. The predicted octanol–water partition coefficient (Wildman–Crippen LogP) is 5.51. The van der Waals surface area contributed by atoms with Crippen molar-refractivity contribution < 1.29 is 13.2 Å². The summed E-state index contributed by atoms with van der Waals surface area (Å²) in [6.45, 7) is 0. The van der Waals surface area contributed by atoms with E-state index in [9.17, 15) is 13.2 Å². The maximum absolute atomic E-state index is 12.6. The Kier molecular flexibility index (Phi) is 4.27. The molecular weight excluding hydrogens is 399 g/mol. The van der Waals surface area contributed by atoms with Gasteiger partial charge in [-0.25, -0.2) is 15.0 Å². The van der Waals surface area contributed by atoms with Crippen molar-refractivity contribution in [3.05, 3.63) is 52.6 Å². The van der Waals surface area contributed by atoms with Gasteiger partial charge < -0.3 is 9.88 Å². The van der Waals surface area contributed by atoms with Crippen LogP contribution in [-0.4, -0.2) is 19.5 Å². The van der Waals surface area contributed by atoms with E-state index in [-0.39, 0.29) is 0 Å². The van der Waals surface area contributed by atoms with Gasteiger partial charge in [-0.2, -0.15) is 13.2 Å². The van der Waals surface area contributed by atoms with Gasteiger partial charge in [0.25, 0.3) is 0 Å². The van der Waals surface area contributed by atoms with Gasteiger partial charge in [0.05, 0.1) is 22.9 Å². The number of thiazole rings is 1. The van der Waals surface area contributed by atoms with Crippen LogP contribution in [0.25, 0.3) is 22.6 Å². The maximum atomic E-state index is 12.6. The van der Waals surface area contributed by atoms with Gasteiger partial charge in [-0.3, -0.25) is 0 Å². The van der Waals surface area contributed by atoms with Gasteiger partial charge in [0, 0.05) is 17.5 Å². The monoisotopic (exact) mass is 409 g/mol. The molecule has 0 bridgehead atoms. The number of rotatable bonds is 3. The number of pyridine rings is 1. The third-order valence-corrected chi connectivity index (χ3v) is 4.87. The molecule has 10 heteroatoms. The summed E-state index contributed by atoms with van der Waals surface area (Å²) < 4.78 is 39.6. The lowest BCUT2D eigenvalue weighted by atomic mass is 10.3. The summed E-state index contributed by atoms with van der Waals surface area (Å²) in [5, 5.41) is 5.90. The number of imidazole rings is 1. The second-order valence-corrected chi connectivity index (χ2v) is 7.01. The fourth-order valence-corrected chi connectivity index (χ4v) is 3.47. The van der Waals surface area contributed by atoms with Crippen LogP contribution in [0.4, 0.5) is 24.0 Å². The largest absolute Gasteiger partial charge is 0.433 e. The highest BCUT2D eigenvalue weighted by atomic mass is 35.5. The van der Waals surface area contributed by atoms with Crippen LogP contribution in [0.1, 0.15) is 5.69 Å². The second kappa shape index (κ2) is 6.50. The molecule has 0 saturated carbocycles. The first kappa shape index (κ1) is 17.7. The molecule has 3 heterocycles. The third-order valence-electron chi connectivity index (χ3n) is 3.88. The molecule has 0 radical (unpaired) electrons. The molecule has 4 rings (SSSR count). The molecule has 0 saturated heterocycles. The highest BCUT2D eigenvalue weighted by Gasteiger charge is 2.32. The molecule has 0 fully saturated rings. The molecule has 0 amide bonds. The highest BCUT2D eigenvalue weighted by Crippen LogP contribution is 2.31. The van der Waals surface area contributed by atoms with Crippen molar-refractivity contribution in [3.63, 3.8) is 0 Å². The van der Waals surface area contributed by atoms with E-state index in [1.165, 1.54) is 17.4 Å². The number of anilines is 2. The number of hydrogen-bond acceptors (Lipinski definition) is 5. The SMILES string of the molecule is Cn1c(-c2csc(Nc3ccc(C(F)(F)F)nc3)n2)nc2cc(Cl)ccc21. The molecule has 0 spiro atoms. The number of nitrogens with one attached hydrogen (secondary N) is 1. The van der Waals surface area contributed by atoms with Crippen LogP contribution in [0.2, 0.25) is 5.02 Å². The van der Waals surface area contributed by atoms with E-state index in [0.717, 1.165) is 23.3 Å². The molecular formula is C17H11ClF3N5S. The van der Waals surface area contributed by atoms with Crippen molar-refractivity contribution in [2.75, 3.05) is 5.32 Å². The van der Waals surface area contributed by atoms with Gasteiger partial charge >= 0.3 is 6.18 Å². The Labute approximate surface area is 160 Å². The maximum Gasteiger partial charge on any atom is 0.433 e. The number of fused-ring (bicyclic) bond motifs is 1. The molecule has 0 unspecified atom stereocenters. The summed E-state index contributed by atoms with van der Waals surface area (Å²) in [5.41, 5.74) is 1.81. The summed E-state index contributed by atoms with van der Waals surface area (Å²) >= 11 is 7.33. The average Bonchev–Trinajstić information content (AvgIpc) is 3.19. The van der Waals surface area contributed by atoms with Crippen LogP contribution >= 0.6 is 22.9 Å². The van der Waals surface area contributed by atoms with Crippen molar-refractivity contribution in [1.82, 2.24) is 19.5 Å². The zero-order chi connectivity index (χ0) is 19.2. The molecule has 1 aromatic carbocycles. The minimum Gasteiger partial charge on any atom is -0.330 e. The number of hydrogen-bond donors (Lipinski definition) is 1. The lowest BCUT2D eigenvalue weighted by Gasteiger charge is -2.06. The smallest absolute Gasteiger partial charge is 0.330 e. The molecule has 1 N–H and O–H groups in total. The summed E-state index contributed by atoms with van der Waals surface area (Å²) in [7, 11) is 1.88. The Morgan fingerprint density at radius 3 is 2.67 bits per heavy atom. The minimum absolute atomic E-state index is 0.417. The van der Waals surface area contributed by atoms with Crippen LogP contribution in [-0.2, 0) is 13.2 Å². The fourth-order valence-electron chi connectivity index (χ4n) is 2.59. The summed E-state index contributed by atoms with van der Waals surface area (Å²) in [4.78, 5) is 12.4. The summed E-state index contributed by atoms with van der Waals surface area (Å²) in [6.07, 6.45) is -3.34. The normalized spacial score (nSPS) is 11.9. The first-order valence-electron chi connectivity index (χ1n) is 7.69. The zero-order valence-electron chi connectivity index (χ0n) is 13.8. The first-order chi connectivity index (χ1) is 12.8. The standard InChI is InChI=1S/C17H11ClF3N5S/c1-26-13-4-2-9(18)6-11(13)24-15(26)12-8-27-16(25-12)23-10-3-5-14(22-7-10)17(19,20)21/h2-8H,1H3,(H,23,25). The molecule has 0 aliphatic heterocycles. The lowest BCUT2D eigenvalue weighted by Crippen LogP contribution is -2.07. The van der Waals surface area contributed by atoms with Crippen molar-refractivity contribution in [3.8, 4) is 11.5 Å². The molecule has 138 valence electrons. The zero-order valence-corrected chi connectivity index (χ0v) is 15.3. The number of aryl methyl sites for hydroxylation is 1. The molecule has 0 aliphatic rings. The number of alkyl halides is 3. The Morgan fingerprint density at radius 1 is 1.15 bits per heavy atom. The van der Waals surface area contributed by atoms with Crippen LogP contribution in [0.5, 0.6) is 0 Å². The van der Waals surface area contributed by atoms with Crippen molar-refractivity contribution >= 4 is 44.8 Å². The van der Waals surface area contributed by atoms with Gasteiger partial charge in [0.15, 0.2) is 11.0 Å².